The third-order valence-corrected chi connectivity index (χ3v) is 2.32. The maximum Gasteiger partial charge on any atom is 0.249 e. The van der Waals surface area contributed by atoms with Crippen molar-refractivity contribution in [1.82, 2.24) is 9.78 Å². The first kappa shape index (κ1) is 10.4. The van der Waals surface area contributed by atoms with Gasteiger partial charge in [0.1, 0.15) is 0 Å². The summed E-state index contributed by atoms with van der Waals surface area (Å²) < 4.78 is 1.80. The molecule has 2 aromatic rings. The minimum atomic E-state index is -0.472. The Morgan fingerprint density at radius 1 is 1.44 bits per heavy atom. The summed E-state index contributed by atoms with van der Waals surface area (Å²) in [5.41, 5.74) is 8.39. The highest BCUT2D eigenvalue weighted by atomic mass is 16.1. The van der Waals surface area contributed by atoms with Gasteiger partial charge in [-0.2, -0.15) is 5.10 Å². The van der Waals surface area contributed by atoms with E-state index in [1.165, 1.54) is 0 Å². The molecule has 1 radical (unpaired) electrons. The lowest BCUT2D eigenvalue weighted by atomic mass is 10.2. The molecule has 0 fully saturated rings. The summed E-state index contributed by atoms with van der Waals surface area (Å²) in [6, 6.07) is 9.98. The van der Waals surface area contributed by atoms with E-state index in [4.69, 9.17) is 5.73 Å². The Hall–Kier alpha value is -2.10. The molecule has 0 spiro atoms. The van der Waals surface area contributed by atoms with E-state index in [1.807, 2.05) is 19.9 Å². The second kappa shape index (κ2) is 3.81. The first-order valence-electron chi connectivity index (χ1n) is 4.93. The van der Waals surface area contributed by atoms with Crippen molar-refractivity contribution in [3.05, 3.63) is 47.3 Å². The summed E-state index contributed by atoms with van der Waals surface area (Å²) in [7, 11) is 0. The summed E-state index contributed by atoms with van der Waals surface area (Å²) in [5, 5.41) is 4.34. The summed E-state index contributed by atoms with van der Waals surface area (Å²) >= 11 is 0. The molecule has 0 aliphatic heterocycles. The van der Waals surface area contributed by atoms with Crippen LogP contribution in [-0.2, 0) is 0 Å². The third-order valence-electron chi connectivity index (χ3n) is 2.32. The van der Waals surface area contributed by atoms with Crippen molar-refractivity contribution in [2.75, 3.05) is 0 Å². The Morgan fingerprint density at radius 2 is 2.19 bits per heavy atom. The molecule has 0 saturated heterocycles. The summed E-state index contributed by atoms with van der Waals surface area (Å²) in [4.78, 5) is 10.9. The van der Waals surface area contributed by atoms with E-state index in [-0.39, 0.29) is 0 Å². The van der Waals surface area contributed by atoms with Crippen molar-refractivity contribution in [3.8, 4) is 5.69 Å². The Kier molecular flexibility index (Phi) is 2.48. The molecule has 1 aromatic carbocycles. The van der Waals surface area contributed by atoms with Crippen molar-refractivity contribution in [2.24, 2.45) is 5.73 Å². The standard InChI is InChI=1S/C12H12N3O/c1-8-7-9(2)15(14-8)11-5-3-10(4-6-11)12(13)16/h3,5-7H,1-2H3,(H2,13,16). The van der Waals surface area contributed by atoms with Crippen molar-refractivity contribution in [2.45, 2.75) is 13.8 Å². The van der Waals surface area contributed by atoms with Gasteiger partial charge in [0.25, 0.3) is 0 Å². The summed E-state index contributed by atoms with van der Waals surface area (Å²) in [6.07, 6.45) is 0. The molecule has 0 aliphatic carbocycles. The number of aromatic nitrogens is 2. The second-order valence-corrected chi connectivity index (χ2v) is 3.66. The summed E-state index contributed by atoms with van der Waals surface area (Å²) in [5.74, 6) is -0.472. The van der Waals surface area contributed by atoms with E-state index in [9.17, 15) is 4.79 Å². The van der Waals surface area contributed by atoms with E-state index < -0.39 is 5.91 Å². The fraction of sp³-hybridized carbons (Fsp3) is 0.167. The zero-order chi connectivity index (χ0) is 11.7. The molecule has 16 heavy (non-hydrogen) atoms. The molecule has 0 bridgehead atoms. The lowest BCUT2D eigenvalue weighted by Crippen LogP contribution is -2.11. The molecular formula is C12H12N3O. The Morgan fingerprint density at radius 3 is 2.62 bits per heavy atom. The molecule has 2 N–H and O–H groups in total. The molecule has 81 valence electrons. The van der Waals surface area contributed by atoms with E-state index >= 15 is 0 Å². The molecule has 1 heterocycles. The molecule has 1 aromatic heterocycles. The van der Waals surface area contributed by atoms with Gasteiger partial charge in [-0.3, -0.25) is 4.79 Å². The van der Waals surface area contributed by atoms with Crippen LogP contribution < -0.4 is 5.73 Å². The zero-order valence-electron chi connectivity index (χ0n) is 9.19. The van der Waals surface area contributed by atoms with Crippen LogP contribution in [-0.4, -0.2) is 15.7 Å². The highest BCUT2D eigenvalue weighted by Crippen LogP contribution is 2.12. The van der Waals surface area contributed by atoms with E-state index in [1.54, 1.807) is 22.9 Å². The minimum absolute atomic E-state index is 0.380. The molecule has 0 aliphatic rings. The van der Waals surface area contributed by atoms with Crippen LogP contribution in [0.15, 0.2) is 24.3 Å². The molecule has 0 atom stereocenters. The lowest BCUT2D eigenvalue weighted by molar-refractivity contribution is 0.1000. The Balaban J connectivity index is 2.42. The topological polar surface area (TPSA) is 60.9 Å². The predicted molar refractivity (Wildman–Crippen MR) is 60.4 cm³/mol. The molecule has 1 amide bonds. The number of hydrogen-bond acceptors (Lipinski definition) is 2. The first-order valence-corrected chi connectivity index (χ1v) is 4.93. The quantitative estimate of drug-likeness (QED) is 0.821. The van der Waals surface area contributed by atoms with Crippen molar-refractivity contribution in [1.29, 1.82) is 0 Å². The molecule has 4 heteroatoms. The van der Waals surface area contributed by atoms with Gasteiger partial charge < -0.3 is 5.73 Å². The van der Waals surface area contributed by atoms with E-state index in [0.29, 0.717) is 5.56 Å². The maximum atomic E-state index is 10.9. The van der Waals surface area contributed by atoms with Gasteiger partial charge >= 0.3 is 0 Å². The van der Waals surface area contributed by atoms with Gasteiger partial charge in [-0.25, -0.2) is 4.68 Å². The maximum absolute atomic E-state index is 10.9. The highest BCUT2D eigenvalue weighted by molar-refractivity contribution is 5.92. The van der Waals surface area contributed by atoms with Gasteiger partial charge in [0, 0.05) is 11.3 Å². The number of nitrogens with two attached hydrogens (primary N) is 1. The SMILES string of the molecule is Cc1cc(C)n(-c2c[c]c(C(N)=O)cc2)n1. The van der Waals surface area contributed by atoms with Crippen LogP contribution in [0, 0.1) is 19.9 Å². The predicted octanol–water partition coefficient (Wildman–Crippen LogP) is 1.39. The number of carbonyl (C=O) groups is 1. The van der Waals surface area contributed by atoms with Gasteiger partial charge in [0.2, 0.25) is 5.91 Å². The van der Waals surface area contributed by atoms with Crippen LogP contribution in [0.3, 0.4) is 0 Å². The van der Waals surface area contributed by atoms with Crippen LogP contribution in [0.1, 0.15) is 21.7 Å². The molecular weight excluding hydrogens is 202 g/mol. The number of nitrogens with zero attached hydrogens (tertiary/aromatic N) is 2. The van der Waals surface area contributed by atoms with Gasteiger partial charge in [-0.15, -0.1) is 0 Å². The second-order valence-electron chi connectivity index (χ2n) is 3.66. The molecule has 0 unspecified atom stereocenters. The summed E-state index contributed by atoms with van der Waals surface area (Å²) in [6.45, 7) is 3.91. The number of amides is 1. The van der Waals surface area contributed by atoms with Crippen LogP contribution in [0.4, 0.5) is 0 Å². The fourth-order valence-corrected chi connectivity index (χ4v) is 1.59. The van der Waals surface area contributed by atoms with Gasteiger partial charge in [0.15, 0.2) is 0 Å². The van der Waals surface area contributed by atoms with Gasteiger partial charge in [-0.05, 0) is 44.2 Å². The van der Waals surface area contributed by atoms with E-state index in [2.05, 4.69) is 11.2 Å². The van der Waals surface area contributed by atoms with Crippen LogP contribution >= 0.6 is 0 Å². The minimum Gasteiger partial charge on any atom is -0.366 e. The van der Waals surface area contributed by atoms with Crippen molar-refractivity contribution < 1.29 is 4.79 Å². The van der Waals surface area contributed by atoms with Crippen molar-refractivity contribution in [3.63, 3.8) is 0 Å². The number of hydrogen-bond donors (Lipinski definition) is 1. The number of aryl methyl sites for hydroxylation is 2. The molecule has 0 saturated carbocycles. The average Bonchev–Trinajstić information content (AvgIpc) is 2.58. The highest BCUT2D eigenvalue weighted by Gasteiger charge is 2.05. The molecule has 4 nitrogen and oxygen atoms in total. The number of primary amides is 1. The number of rotatable bonds is 2. The smallest absolute Gasteiger partial charge is 0.249 e. The first-order chi connectivity index (χ1) is 7.58. The van der Waals surface area contributed by atoms with Crippen LogP contribution in [0.5, 0.6) is 0 Å². The number of carbonyl (C=O) groups excluding carboxylic acids is 1. The third kappa shape index (κ3) is 1.82. The van der Waals surface area contributed by atoms with Crippen molar-refractivity contribution >= 4 is 5.91 Å². The Labute approximate surface area is 93.7 Å². The Bertz CT molecular complexity index is 526. The van der Waals surface area contributed by atoms with Crippen LogP contribution in [0.2, 0.25) is 0 Å². The average molecular weight is 214 g/mol. The molecule has 2 rings (SSSR count). The fourth-order valence-electron chi connectivity index (χ4n) is 1.59. The number of benzene rings is 1. The van der Waals surface area contributed by atoms with Gasteiger partial charge in [0.05, 0.1) is 11.4 Å². The van der Waals surface area contributed by atoms with Crippen LogP contribution in [0.25, 0.3) is 5.69 Å². The largest absolute Gasteiger partial charge is 0.366 e. The monoisotopic (exact) mass is 214 g/mol. The normalized spacial score (nSPS) is 10.4. The van der Waals surface area contributed by atoms with E-state index in [0.717, 1.165) is 17.1 Å². The lowest BCUT2D eigenvalue weighted by Gasteiger charge is -2.04. The van der Waals surface area contributed by atoms with Gasteiger partial charge in [-0.1, -0.05) is 0 Å². The zero-order valence-corrected chi connectivity index (χ0v) is 9.19.